The molecule has 0 aromatic heterocycles. The quantitative estimate of drug-likeness (QED) is 0.400. The second-order valence-corrected chi connectivity index (χ2v) is 1.54. The molecule has 3 nitrogen and oxygen atoms in total. The fourth-order valence-corrected chi connectivity index (χ4v) is 0.342. The van der Waals surface area contributed by atoms with Crippen LogP contribution in [0.5, 0.6) is 0 Å². The Morgan fingerprint density at radius 2 is 2.50 bits per heavy atom. The number of hydrogen-bond donors (Lipinski definition) is 0. The molecule has 0 atom stereocenters. The van der Waals surface area contributed by atoms with Crippen molar-refractivity contribution in [3.63, 3.8) is 0 Å². The minimum atomic E-state index is 0.750. The summed E-state index contributed by atoms with van der Waals surface area (Å²) >= 11 is 0. The standard InChI is InChI=1S/C4H6O.C3H5NO/c1-2-3-4-5;1-2-5-3-4-1/h2-4H,1H3;3H,1-2H2. The van der Waals surface area contributed by atoms with Crippen molar-refractivity contribution < 1.29 is 9.53 Å². The molecule has 1 rings (SSSR count). The van der Waals surface area contributed by atoms with Gasteiger partial charge in [0.2, 0.25) is 0 Å². The first-order chi connectivity index (χ1) is 4.91. The summed E-state index contributed by atoms with van der Waals surface area (Å²) in [4.78, 5) is 13.1. The summed E-state index contributed by atoms with van der Waals surface area (Å²) in [6.07, 6.45) is 5.37. The molecule has 0 aromatic rings. The van der Waals surface area contributed by atoms with Gasteiger partial charge in [0.05, 0.1) is 6.54 Å². The minimum Gasteiger partial charge on any atom is -0.482 e. The van der Waals surface area contributed by atoms with Crippen molar-refractivity contribution in [3.05, 3.63) is 12.2 Å². The maximum atomic E-state index is 9.32. The number of allylic oxidation sites excluding steroid dienone is 2. The Hall–Kier alpha value is -1.12. The number of rotatable bonds is 1. The maximum Gasteiger partial charge on any atom is 0.169 e. The van der Waals surface area contributed by atoms with Gasteiger partial charge in [0.25, 0.3) is 0 Å². The van der Waals surface area contributed by atoms with Crippen molar-refractivity contribution in [2.45, 2.75) is 6.92 Å². The molecule has 1 aliphatic rings. The molecule has 10 heavy (non-hydrogen) atoms. The van der Waals surface area contributed by atoms with Crippen LogP contribution in [0.3, 0.4) is 0 Å². The lowest BCUT2D eigenvalue weighted by Crippen LogP contribution is -1.80. The fourth-order valence-electron chi connectivity index (χ4n) is 0.342. The zero-order chi connectivity index (χ0) is 7.66. The first kappa shape index (κ1) is 8.88. The van der Waals surface area contributed by atoms with Crippen LogP contribution in [0.1, 0.15) is 6.92 Å². The second kappa shape index (κ2) is 7.88. The monoisotopic (exact) mass is 141 g/mol. The molecule has 0 spiro atoms. The second-order valence-electron chi connectivity index (χ2n) is 1.54. The number of carbonyl (C=O) groups excluding carboxylic acids is 1. The van der Waals surface area contributed by atoms with Crippen molar-refractivity contribution in [2.75, 3.05) is 13.2 Å². The average Bonchev–Trinajstić information content (AvgIpc) is 2.44. The number of aliphatic imine (C=N–C) groups is 1. The Bertz CT molecular complexity index is 124. The third-order valence-corrected chi connectivity index (χ3v) is 0.758. The lowest BCUT2D eigenvalue weighted by molar-refractivity contribution is -0.104. The number of nitrogens with zero attached hydrogens (tertiary/aromatic N) is 1. The van der Waals surface area contributed by atoms with E-state index in [0.29, 0.717) is 0 Å². The summed E-state index contributed by atoms with van der Waals surface area (Å²) in [7, 11) is 0. The van der Waals surface area contributed by atoms with E-state index in [9.17, 15) is 4.79 Å². The van der Waals surface area contributed by atoms with Crippen LogP contribution in [-0.4, -0.2) is 25.8 Å². The molecule has 1 aliphatic heterocycles. The van der Waals surface area contributed by atoms with Crippen molar-refractivity contribution in [3.8, 4) is 0 Å². The molecule has 0 bridgehead atoms. The van der Waals surface area contributed by atoms with Gasteiger partial charge in [-0.15, -0.1) is 0 Å². The SMILES string of the molecule is C1=NCCO1.CC=CC=O. The van der Waals surface area contributed by atoms with E-state index in [4.69, 9.17) is 0 Å². The van der Waals surface area contributed by atoms with Crippen LogP contribution in [0.15, 0.2) is 17.1 Å². The van der Waals surface area contributed by atoms with Crippen molar-refractivity contribution in [2.24, 2.45) is 4.99 Å². The van der Waals surface area contributed by atoms with Gasteiger partial charge in [-0.3, -0.25) is 9.79 Å². The van der Waals surface area contributed by atoms with E-state index < -0.39 is 0 Å². The highest BCUT2D eigenvalue weighted by molar-refractivity contribution is 5.64. The molecule has 0 unspecified atom stereocenters. The smallest absolute Gasteiger partial charge is 0.169 e. The molecule has 1 heterocycles. The van der Waals surface area contributed by atoms with Crippen molar-refractivity contribution in [1.29, 1.82) is 0 Å². The molecular weight excluding hydrogens is 130 g/mol. The number of aldehydes is 1. The third kappa shape index (κ3) is 6.88. The molecular formula is C7H11NO2. The summed E-state index contributed by atoms with van der Waals surface area (Å²) in [6.45, 7) is 3.42. The van der Waals surface area contributed by atoms with Crippen LogP contribution in [0, 0.1) is 0 Å². The predicted molar refractivity (Wildman–Crippen MR) is 40.2 cm³/mol. The van der Waals surface area contributed by atoms with Gasteiger partial charge in [-0.05, 0) is 13.0 Å². The minimum absolute atomic E-state index is 0.750. The molecule has 0 amide bonds. The number of hydrogen-bond acceptors (Lipinski definition) is 3. The predicted octanol–water partition coefficient (Wildman–Crippen LogP) is 0.806. The van der Waals surface area contributed by atoms with E-state index in [1.54, 1.807) is 13.0 Å². The molecule has 56 valence electrons. The maximum absolute atomic E-state index is 9.32. The Morgan fingerprint density at radius 3 is 2.60 bits per heavy atom. The Morgan fingerprint density at radius 1 is 1.70 bits per heavy atom. The van der Waals surface area contributed by atoms with Crippen LogP contribution in [-0.2, 0) is 9.53 Å². The lowest BCUT2D eigenvalue weighted by Gasteiger charge is -1.76. The third-order valence-electron chi connectivity index (χ3n) is 0.758. The van der Waals surface area contributed by atoms with Crippen LogP contribution < -0.4 is 0 Å². The summed E-state index contributed by atoms with van der Waals surface area (Å²) in [5.74, 6) is 0. The highest BCUT2D eigenvalue weighted by Crippen LogP contribution is 1.78. The van der Waals surface area contributed by atoms with Crippen molar-refractivity contribution >= 4 is 12.7 Å². The number of carbonyl (C=O) groups is 1. The van der Waals surface area contributed by atoms with E-state index >= 15 is 0 Å². The molecule has 0 N–H and O–H groups in total. The normalized spacial score (nSPS) is 14.1. The van der Waals surface area contributed by atoms with Gasteiger partial charge < -0.3 is 4.74 Å². The summed E-state index contributed by atoms with van der Waals surface area (Å²) < 4.78 is 4.65. The van der Waals surface area contributed by atoms with E-state index in [1.807, 2.05) is 0 Å². The molecule has 0 radical (unpaired) electrons. The highest BCUT2D eigenvalue weighted by Gasteiger charge is 1.84. The van der Waals surface area contributed by atoms with Gasteiger partial charge in [0.15, 0.2) is 6.40 Å². The van der Waals surface area contributed by atoms with E-state index in [2.05, 4.69) is 9.73 Å². The van der Waals surface area contributed by atoms with Gasteiger partial charge >= 0.3 is 0 Å². The number of ether oxygens (including phenoxy) is 1. The Labute approximate surface area is 60.4 Å². The largest absolute Gasteiger partial charge is 0.482 e. The molecule has 0 aliphatic carbocycles. The van der Waals surface area contributed by atoms with Crippen LogP contribution in [0.4, 0.5) is 0 Å². The van der Waals surface area contributed by atoms with Gasteiger partial charge in [0, 0.05) is 0 Å². The van der Waals surface area contributed by atoms with Gasteiger partial charge in [-0.1, -0.05) is 6.08 Å². The first-order valence-corrected chi connectivity index (χ1v) is 3.08. The highest BCUT2D eigenvalue weighted by atomic mass is 16.5. The zero-order valence-electron chi connectivity index (χ0n) is 5.99. The molecule has 0 saturated carbocycles. The summed E-state index contributed by atoms with van der Waals surface area (Å²) in [5, 5.41) is 0. The summed E-state index contributed by atoms with van der Waals surface area (Å²) in [5.41, 5.74) is 0. The summed E-state index contributed by atoms with van der Waals surface area (Å²) in [6, 6.07) is 0. The average molecular weight is 141 g/mol. The fraction of sp³-hybridized carbons (Fsp3) is 0.429. The zero-order valence-corrected chi connectivity index (χ0v) is 5.99. The van der Waals surface area contributed by atoms with Crippen LogP contribution >= 0.6 is 0 Å². The molecule has 0 aromatic carbocycles. The molecule has 0 fully saturated rings. The van der Waals surface area contributed by atoms with Gasteiger partial charge in [-0.2, -0.15) is 0 Å². The van der Waals surface area contributed by atoms with Gasteiger partial charge in [-0.25, -0.2) is 0 Å². The Balaban J connectivity index is 0.000000162. The van der Waals surface area contributed by atoms with Crippen LogP contribution in [0.2, 0.25) is 0 Å². The topological polar surface area (TPSA) is 38.7 Å². The van der Waals surface area contributed by atoms with Crippen molar-refractivity contribution in [1.82, 2.24) is 0 Å². The molecule has 0 saturated heterocycles. The van der Waals surface area contributed by atoms with Crippen LogP contribution in [0.25, 0.3) is 0 Å². The van der Waals surface area contributed by atoms with Gasteiger partial charge in [0.1, 0.15) is 12.9 Å². The molecule has 3 heteroatoms. The lowest BCUT2D eigenvalue weighted by atomic mass is 10.6. The van der Waals surface area contributed by atoms with E-state index in [1.165, 1.54) is 12.5 Å². The van der Waals surface area contributed by atoms with E-state index in [-0.39, 0.29) is 0 Å². The first-order valence-electron chi connectivity index (χ1n) is 3.08. The Kier molecular flexibility index (Phi) is 7.00. The van der Waals surface area contributed by atoms with E-state index in [0.717, 1.165) is 19.4 Å².